The number of carbonyl (C=O) groups is 1. The van der Waals surface area contributed by atoms with Crippen LogP contribution in [0.15, 0.2) is 47.5 Å². The molecule has 6 nitrogen and oxygen atoms in total. The molecule has 1 amide bonds. The number of nitrogens with zero attached hydrogens (tertiary/aromatic N) is 1. The SMILES string of the molecule is CN=C(NCC(=O)Nc1cccc(F)c1)NCc1ccc(C)cc1OC. The van der Waals surface area contributed by atoms with Gasteiger partial charge < -0.3 is 20.7 Å². The van der Waals surface area contributed by atoms with Crippen LogP contribution in [0.1, 0.15) is 11.1 Å². The number of hydrogen-bond acceptors (Lipinski definition) is 3. The third-order valence-electron chi connectivity index (χ3n) is 3.64. The van der Waals surface area contributed by atoms with Crippen molar-refractivity contribution in [2.75, 3.05) is 26.0 Å². The van der Waals surface area contributed by atoms with Gasteiger partial charge in [0, 0.05) is 24.8 Å². The highest BCUT2D eigenvalue weighted by atomic mass is 19.1. The summed E-state index contributed by atoms with van der Waals surface area (Å²) in [6.45, 7) is 2.49. The van der Waals surface area contributed by atoms with Gasteiger partial charge in [-0.05, 0) is 36.8 Å². The van der Waals surface area contributed by atoms with E-state index in [1.807, 2.05) is 25.1 Å². The van der Waals surface area contributed by atoms with Crippen LogP contribution in [0.4, 0.5) is 10.1 Å². The van der Waals surface area contributed by atoms with Gasteiger partial charge in [-0.2, -0.15) is 0 Å². The second kappa shape index (κ2) is 9.41. The van der Waals surface area contributed by atoms with E-state index in [2.05, 4.69) is 20.9 Å². The highest BCUT2D eigenvalue weighted by molar-refractivity contribution is 5.94. The maximum Gasteiger partial charge on any atom is 0.243 e. The molecule has 7 heteroatoms. The second-order valence-corrected chi connectivity index (χ2v) is 5.65. The highest BCUT2D eigenvalue weighted by Crippen LogP contribution is 2.19. The number of benzene rings is 2. The summed E-state index contributed by atoms with van der Waals surface area (Å²) in [5, 5.41) is 8.66. The summed E-state index contributed by atoms with van der Waals surface area (Å²) in [4.78, 5) is 16.0. The van der Waals surface area contributed by atoms with Crippen LogP contribution in [-0.4, -0.2) is 32.6 Å². The van der Waals surface area contributed by atoms with E-state index in [-0.39, 0.29) is 12.5 Å². The van der Waals surface area contributed by atoms with E-state index in [4.69, 9.17) is 4.74 Å². The van der Waals surface area contributed by atoms with Gasteiger partial charge in [0.2, 0.25) is 5.91 Å². The molecule has 0 fully saturated rings. The zero-order valence-corrected chi connectivity index (χ0v) is 15.1. The van der Waals surface area contributed by atoms with Gasteiger partial charge in [0.1, 0.15) is 11.6 Å². The number of methoxy groups -OCH3 is 1. The van der Waals surface area contributed by atoms with Crippen LogP contribution in [0.25, 0.3) is 0 Å². The van der Waals surface area contributed by atoms with E-state index in [0.717, 1.165) is 16.9 Å². The summed E-state index contributed by atoms with van der Waals surface area (Å²) in [6, 6.07) is 11.7. The number of halogens is 1. The lowest BCUT2D eigenvalue weighted by atomic mass is 10.1. The molecule has 2 aromatic carbocycles. The van der Waals surface area contributed by atoms with Crippen LogP contribution in [-0.2, 0) is 11.3 Å². The summed E-state index contributed by atoms with van der Waals surface area (Å²) >= 11 is 0. The molecule has 0 spiro atoms. The number of hydrogen-bond donors (Lipinski definition) is 3. The number of aliphatic imine (C=N–C) groups is 1. The Bertz CT molecular complexity index is 793. The summed E-state index contributed by atoms with van der Waals surface area (Å²) < 4.78 is 18.5. The zero-order valence-electron chi connectivity index (χ0n) is 15.1. The Morgan fingerprint density at radius 1 is 1.19 bits per heavy atom. The highest BCUT2D eigenvalue weighted by Gasteiger charge is 2.07. The Morgan fingerprint density at radius 2 is 2.00 bits per heavy atom. The van der Waals surface area contributed by atoms with E-state index in [1.165, 1.54) is 18.2 Å². The van der Waals surface area contributed by atoms with Crippen LogP contribution < -0.4 is 20.7 Å². The first kappa shape index (κ1) is 19.2. The van der Waals surface area contributed by atoms with Crippen LogP contribution in [0.5, 0.6) is 5.75 Å². The fourth-order valence-corrected chi connectivity index (χ4v) is 2.33. The molecular formula is C19H23FN4O2. The molecule has 2 rings (SSSR count). The van der Waals surface area contributed by atoms with Gasteiger partial charge in [-0.1, -0.05) is 18.2 Å². The normalized spacial score (nSPS) is 11.0. The van der Waals surface area contributed by atoms with Gasteiger partial charge >= 0.3 is 0 Å². The van der Waals surface area contributed by atoms with Crippen molar-refractivity contribution < 1.29 is 13.9 Å². The number of guanidine groups is 1. The lowest BCUT2D eigenvalue weighted by molar-refractivity contribution is -0.115. The van der Waals surface area contributed by atoms with E-state index in [9.17, 15) is 9.18 Å². The predicted molar refractivity (Wildman–Crippen MR) is 101 cm³/mol. The Balaban J connectivity index is 1.85. The Morgan fingerprint density at radius 3 is 2.69 bits per heavy atom. The standard InChI is InChI=1S/C19H23FN4O2/c1-13-7-8-14(17(9-13)26-3)11-22-19(21-2)23-12-18(25)24-16-6-4-5-15(20)10-16/h4-10H,11-12H2,1-3H3,(H,24,25)(H2,21,22,23). The number of carbonyl (C=O) groups excluding carboxylic acids is 1. The largest absolute Gasteiger partial charge is 0.496 e. The monoisotopic (exact) mass is 358 g/mol. The molecule has 0 aliphatic carbocycles. The fourth-order valence-electron chi connectivity index (χ4n) is 2.33. The lowest BCUT2D eigenvalue weighted by Gasteiger charge is -2.14. The minimum Gasteiger partial charge on any atom is -0.496 e. The lowest BCUT2D eigenvalue weighted by Crippen LogP contribution is -2.41. The van der Waals surface area contributed by atoms with E-state index >= 15 is 0 Å². The van der Waals surface area contributed by atoms with Gasteiger partial charge in [0.15, 0.2) is 5.96 Å². The zero-order chi connectivity index (χ0) is 18.9. The number of amides is 1. The molecule has 0 aliphatic rings. The van der Waals surface area contributed by atoms with Crippen molar-refractivity contribution in [2.45, 2.75) is 13.5 Å². The van der Waals surface area contributed by atoms with Crippen LogP contribution in [0.3, 0.4) is 0 Å². The number of nitrogens with one attached hydrogen (secondary N) is 3. The molecule has 0 heterocycles. The first-order valence-electron chi connectivity index (χ1n) is 8.15. The van der Waals surface area contributed by atoms with Crippen molar-refractivity contribution in [3.63, 3.8) is 0 Å². The third-order valence-corrected chi connectivity index (χ3v) is 3.64. The summed E-state index contributed by atoms with van der Waals surface area (Å²) in [5.74, 6) is 0.561. The van der Waals surface area contributed by atoms with Crippen molar-refractivity contribution in [2.24, 2.45) is 4.99 Å². The number of aryl methyl sites for hydroxylation is 1. The molecule has 3 N–H and O–H groups in total. The van der Waals surface area contributed by atoms with Crippen molar-refractivity contribution in [3.8, 4) is 5.75 Å². The van der Waals surface area contributed by atoms with Gasteiger partial charge in [-0.3, -0.25) is 9.79 Å². The molecular weight excluding hydrogens is 335 g/mol. The molecule has 0 bridgehead atoms. The molecule has 2 aromatic rings. The van der Waals surface area contributed by atoms with Gasteiger partial charge in [0.05, 0.1) is 13.7 Å². The van der Waals surface area contributed by atoms with Crippen molar-refractivity contribution in [3.05, 3.63) is 59.4 Å². The first-order chi connectivity index (χ1) is 12.5. The number of rotatable bonds is 6. The van der Waals surface area contributed by atoms with E-state index in [1.54, 1.807) is 20.2 Å². The van der Waals surface area contributed by atoms with Gasteiger partial charge in [-0.25, -0.2) is 4.39 Å². The van der Waals surface area contributed by atoms with Crippen LogP contribution >= 0.6 is 0 Å². The predicted octanol–water partition coefficient (Wildman–Crippen LogP) is 2.45. The summed E-state index contributed by atoms with van der Waals surface area (Å²) in [7, 11) is 3.24. The maximum absolute atomic E-state index is 13.1. The number of ether oxygens (including phenoxy) is 1. The minimum absolute atomic E-state index is 0.00121. The molecule has 0 radical (unpaired) electrons. The summed E-state index contributed by atoms with van der Waals surface area (Å²) in [5.41, 5.74) is 2.50. The van der Waals surface area contributed by atoms with E-state index in [0.29, 0.717) is 18.2 Å². The van der Waals surface area contributed by atoms with Crippen molar-refractivity contribution in [1.82, 2.24) is 10.6 Å². The van der Waals surface area contributed by atoms with Crippen LogP contribution in [0.2, 0.25) is 0 Å². The average molecular weight is 358 g/mol. The van der Waals surface area contributed by atoms with Gasteiger partial charge in [-0.15, -0.1) is 0 Å². The van der Waals surface area contributed by atoms with Crippen LogP contribution in [0, 0.1) is 12.7 Å². The molecule has 0 aromatic heterocycles. The third kappa shape index (κ3) is 5.77. The minimum atomic E-state index is -0.403. The maximum atomic E-state index is 13.1. The molecule has 138 valence electrons. The quantitative estimate of drug-likeness (QED) is 0.548. The van der Waals surface area contributed by atoms with Crippen molar-refractivity contribution >= 4 is 17.6 Å². The first-order valence-corrected chi connectivity index (χ1v) is 8.15. The molecule has 26 heavy (non-hydrogen) atoms. The average Bonchev–Trinajstić information content (AvgIpc) is 2.62. The molecule has 0 atom stereocenters. The number of anilines is 1. The molecule has 0 unspecified atom stereocenters. The van der Waals surface area contributed by atoms with Gasteiger partial charge in [0.25, 0.3) is 0 Å². The molecule has 0 saturated carbocycles. The Kier molecular flexibility index (Phi) is 6.96. The molecule has 0 saturated heterocycles. The smallest absolute Gasteiger partial charge is 0.243 e. The Labute approximate surface area is 152 Å². The Hall–Kier alpha value is -3.09. The fraction of sp³-hybridized carbons (Fsp3) is 0.263. The van der Waals surface area contributed by atoms with E-state index < -0.39 is 5.82 Å². The van der Waals surface area contributed by atoms with Crippen molar-refractivity contribution in [1.29, 1.82) is 0 Å². The topological polar surface area (TPSA) is 74.8 Å². The molecule has 0 aliphatic heterocycles. The second-order valence-electron chi connectivity index (χ2n) is 5.65. The summed E-state index contributed by atoms with van der Waals surface area (Å²) in [6.07, 6.45) is 0.